The summed E-state index contributed by atoms with van der Waals surface area (Å²) in [5, 5.41) is 2.85. The Balaban J connectivity index is 0.000000119. The van der Waals surface area contributed by atoms with Gasteiger partial charge >= 0.3 is 18.1 Å². The highest BCUT2D eigenvalue weighted by atomic mass is 16.5. The average Bonchev–Trinajstić information content (AvgIpc) is 1.59. The third-order valence-electron chi connectivity index (χ3n) is 24.1. The second kappa shape index (κ2) is 29.7. The zero-order valence-corrected chi connectivity index (χ0v) is 64.0. The number of rotatable bonds is 6. The molecule has 3 saturated heterocycles. The molecule has 584 valence electrons. The van der Waals surface area contributed by atoms with E-state index in [4.69, 9.17) is 4.74 Å². The van der Waals surface area contributed by atoms with Crippen molar-refractivity contribution in [2.45, 2.75) is 125 Å². The normalized spacial score (nSPS) is 18.1. The second-order valence-corrected chi connectivity index (χ2v) is 31.5. The van der Waals surface area contributed by atoms with Gasteiger partial charge in [-0.15, -0.1) is 0 Å². The summed E-state index contributed by atoms with van der Waals surface area (Å²) in [5.41, 5.74) is 18.6. The van der Waals surface area contributed by atoms with E-state index in [1.807, 2.05) is 155 Å². The Labute approximate surface area is 662 Å². The summed E-state index contributed by atoms with van der Waals surface area (Å²) in [6, 6.07) is 30.0. The first-order valence-corrected chi connectivity index (χ1v) is 39.8. The van der Waals surface area contributed by atoms with Gasteiger partial charge in [-0.3, -0.25) is 42.0 Å². The first-order chi connectivity index (χ1) is 55.5. The first-order valence-electron chi connectivity index (χ1n) is 39.8. The summed E-state index contributed by atoms with van der Waals surface area (Å²) in [6.07, 6.45) is 22.9. The molecule has 6 aliphatic heterocycles. The molecule has 0 radical (unpaired) electrons. The molecule has 15 heterocycles. The van der Waals surface area contributed by atoms with Gasteiger partial charge in [0.1, 0.15) is 16.9 Å². The minimum Gasteiger partial charge on any atom is -0.378 e. The standard InChI is InChI=1S/2C30H29N5O3.C29H27N5O4.CH4/c2*1-19-13-20-17-34(30(38)32-8-4-2-5-9-32)12-11-33-18-22(21(14-19)29(20)33)27-24(36)15-25(37)28(27)23-16-31-26-7-3-6-10-35(23)26;1-18-12-19-16-33(29(37)31-8-10-38-11-9-31)7-6-32-17-21(20(13-18)28(19)32)26-23(35)14-24(36)27(26)22-15-30-25-4-2-3-5-34(22)25;/h2*3,6-7,10,13-14,16,18H,2,4-5,8-9,11-12,15,17H2,1H3;2-5,12-13,15,17H,6-11,14,16H2,1H3;1H4. The fourth-order valence-corrected chi connectivity index (χ4v) is 18.9. The van der Waals surface area contributed by atoms with Crippen LogP contribution in [0.4, 0.5) is 14.4 Å². The number of piperidine rings is 2. The highest BCUT2D eigenvalue weighted by Crippen LogP contribution is 2.46. The molecule has 21 rings (SSSR count). The van der Waals surface area contributed by atoms with Gasteiger partial charge in [-0.1, -0.05) is 60.5 Å². The Kier molecular flexibility index (Phi) is 19.1. The lowest BCUT2D eigenvalue weighted by Crippen LogP contribution is -2.48. The number of ketones is 6. The van der Waals surface area contributed by atoms with Crippen LogP contribution in [0.3, 0.4) is 0 Å². The SMILES string of the molecule is C.Cc1cc2c3c(c1)c(C1=C(c4cnc5ccccn45)C(=O)CC1=O)cn3CCN(C(=O)N1CCCCC1)C2.Cc1cc2c3c(c1)c(C1=C(c4cnc5ccccn45)C(=O)CC1=O)cn3CCN(C(=O)N1CCCCC1)C2.Cc1cc2c3c(c1)c(C1=C(c4cnc5ccccn45)C(=O)CC1=O)cn3CCN(C(=O)N1CCOCC1)C2. The molecule has 115 heavy (non-hydrogen) atoms. The highest BCUT2D eigenvalue weighted by Gasteiger charge is 2.41. The van der Waals surface area contributed by atoms with Gasteiger partial charge in [0.2, 0.25) is 0 Å². The monoisotopic (exact) mass is 1540 g/mol. The number of likely N-dealkylation sites (tertiary alicyclic amines) is 2. The van der Waals surface area contributed by atoms with Gasteiger partial charge in [-0.05, 0) is 131 Å². The number of ether oxygens (including phenoxy) is 1. The molecule has 9 aromatic heterocycles. The molecular formula is C90H89N15O10. The van der Waals surface area contributed by atoms with Crippen LogP contribution in [0.25, 0.3) is 83.1 Å². The number of imidazole rings is 3. The summed E-state index contributed by atoms with van der Waals surface area (Å²) in [4.78, 5) is 145. The van der Waals surface area contributed by atoms with Crippen molar-refractivity contribution in [3.8, 4) is 0 Å². The molecule has 9 aliphatic rings. The predicted octanol–water partition coefficient (Wildman–Crippen LogP) is 12.9. The zero-order chi connectivity index (χ0) is 77.9. The molecule has 0 N–H and O–H groups in total. The van der Waals surface area contributed by atoms with Crippen molar-refractivity contribution >= 4 is 136 Å². The Bertz CT molecular complexity index is 5650. The van der Waals surface area contributed by atoms with Crippen LogP contribution in [0.1, 0.15) is 132 Å². The molecule has 3 aliphatic carbocycles. The number of allylic oxidation sites excluding steroid dienone is 6. The lowest BCUT2D eigenvalue weighted by atomic mass is 9.96. The van der Waals surface area contributed by atoms with Gasteiger partial charge in [-0.25, -0.2) is 29.3 Å². The summed E-state index contributed by atoms with van der Waals surface area (Å²) < 4.78 is 17.5. The smallest absolute Gasteiger partial charge is 0.320 e. The number of benzene rings is 3. The second-order valence-electron chi connectivity index (χ2n) is 31.5. The van der Waals surface area contributed by atoms with Crippen LogP contribution in [0.2, 0.25) is 0 Å². The van der Waals surface area contributed by atoms with Crippen molar-refractivity contribution < 1.29 is 47.9 Å². The predicted molar refractivity (Wildman–Crippen MR) is 437 cm³/mol. The number of amides is 6. The number of hydrogen-bond acceptors (Lipinski definition) is 13. The number of Topliss-reactive ketones (excluding diaryl/α,β-unsaturated/α-hetero) is 6. The number of morpholine rings is 1. The molecule has 12 aromatic rings. The Morgan fingerprint density at radius 3 is 0.948 bits per heavy atom. The van der Waals surface area contributed by atoms with Crippen molar-refractivity contribution in [1.82, 2.24) is 71.3 Å². The number of hydrogen-bond donors (Lipinski definition) is 0. The molecule has 25 nitrogen and oxygen atoms in total. The van der Waals surface area contributed by atoms with Crippen LogP contribution in [-0.2, 0) is 72.8 Å². The molecule has 0 spiro atoms. The van der Waals surface area contributed by atoms with E-state index in [1.54, 1.807) is 18.6 Å². The van der Waals surface area contributed by atoms with Gasteiger partial charge in [0.15, 0.2) is 34.7 Å². The summed E-state index contributed by atoms with van der Waals surface area (Å²) in [5.74, 6) is -1.00. The summed E-state index contributed by atoms with van der Waals surface area (Å²) >= 11 is 0. The number of pyridine rings is 3. The number of carbonyl (C=O) groups excluding carboxylic acids is 9. The van der Waals surface area contributed by atoms with Crippen molar-refractivity contribution in [3.63, 3.8) is 0 Å². The minimum atomic E-state index is -0.182. The van der Waals surface area contributed by atoms with Gasteiger partial charge in [0.25, 0.3) is 0 Å². The average molecular weight is 1540 g/mol. The van der Waals surface area contributed by atoms with Crippen molar-refractivity contribution in [1.29, 1.82) is 0 Å². The third kappa shape index (κ3) is 12.9. The maximum atomic E-state index is 13.4. The lowest BCUT2D eigenvalue weighted by Gasteiger charge is -2.32. The van der Waals surface area contributed by atoms with E-state index in [0.717, 1.165) is 152 Å². The molecule has 6 amide bonds. The molecule has 0 bridgehead atoms. The van der Waals surface area contributed by atoms with Crippen LogP contribution in [0.5, 0.6) is 0 Å². The number of fused-ring (bicyclic) bond motifs is 3. The van der Waals surface area contributed by atoms with Gasteiger partial charge in [0.05, 0.1) is 101 Å². The van der Waals surface area contributed by atoms with E-state index >= 15 is 0 Å². The van der Waals surface area contributed by atoms with Gasteiger partial charge < -0.3 is 47.8 Å². The van der Waals surface area contributed by atoms with Crippen LogP contribution < -0.4 is 0 Å². The fraction of sp³-hybridized carbons (Fsp3) is 0.333. The molecule has 0 unspecified atom stereocenters. The topological polar surface area (TPSA) is 249 Å². The third-order valence-corrected chi connectivity index (χ3v) is 24.1. The Morgan fingerprint density at radius 2 is 0.635 bits per heavy atom. The largest absolute Gasteiger partial charge is 0.378 e. The molecule has 3 aromatic carbocycles. The number of carbonyl (C=O) groups is 9. The number of nitrogens with zero attached hydrogens (tertiary/aromatic N) is 15. The van der Waals surface area contributed by atoms with E-state index in [-0.39, 0.29) is 79.5 Å². The van der Waals surface area contributed by atoms with Crippen LogP contribution in [0, 0.1) is 20.8 Å². The Morgan fingerprint density at radius 1 is 0.339 bits per heavy atom. The van der Waals surface area contributed by atoms with E-state index in [9.17, 15) is 43.2 Å². The maximum absolute atomic E-state index is 13.4. The summed E-state index contributed by atoms with van der Waals surface area (Å²) in [6.45, 7) is 16.9. The fourth-order valence-electron chi connectivity index (χ4n) is 18.9. The quantitative estimate of drug-likeness (QED) is 0.141. The van der Waals surface area contributed by atoms with Crippen LogP contribution >= 0.6 is 0 Å². The van der Waals surface area contributed by atoms with Crippen LogP contribution in [0.15, 0.2) is 147 Å². The molecule has 0 saturated carbocycles. The van der Waals surface area contributed by atoms with Crippen LogP contribution in [-0.4, -0.2) is 196 Å². The molecule has 3 fully saturated rings. The highest BCUT2D eigenvalue weighted by molar-refractivity contribution is 6.53. The molecular weight excluding hydrogens is 1450 g/mol. The van der Waals surface area contributed by atoms with Crippen molar-refractivity contribution in [2.75, 3.05) is 72.1 Å². The van der Waals surface area contributed by atoms with Gasteiger partial charge in [-0.2, -0.15) is 0 Å². The van der Waals surface area contributed by atoms with E-state index in [1.165, 1.54) is 12.8 Å². The van der Waals surface area contributed by atoms with Crippen molar-refractivity contribution in [3.05, 3.63) is 214 Å². The van der Waals surface area contributed by atoms with E-state index < -0.39 is 0 Å². The number of aryl methyl sites for hydroxylation is 3. The number of urea groups is 3. The molecule has 0 atom stereocenters. The lowest BCUT2D eigenvalue weighted by molar-refractivity contribution is -0.121. The summed E-state index contributed by atoms with van der Waals surface area (Å²) in [7, 11) is 0. The van der Waals surface area contributed by atoms with Gasteiger partial charge in [0, 0.05) is 185 Å². The minimum absolute atomic E-state index is 0. The van der Waals surface area contributed by atoms with E-state index in [0.29, 0.717) is 136 Å². The number of aromatic nitrogens is 9. The van der Waals surface area contributed by atoms with Crippen molar-refractivity contribution in [2.24, 2.45) is 0 Å². The first kappa shape index (κ1) is 73.8. The zero-order valence-electron chi connectivity index (χ0n) is 64.0. The van der Waals surface area contributed by atoms with E-state index in [2.05, 4.69) is 65.1 Å². The maximum Gasteiger partial charge on any atom is 0.320 e. The molecule has 25 heteroatoms. The Hall–Kier alpha value is -12.6.